The number of carboxylic acids is 1. The van der Waals surface area contributed by atoms with Crippen LogP contribution in [0.1, 0.15) is 56.3 Å². The van der Waals surface area contributed by atoms with E-state index in [1.54, 1.807) is 24.3 Å². The Balaban J connectivity index is 2.58. The molecule has 0 radical (unpaired) electrons. The molecule has 0 aliphatic carbocycles. The van der Waals surface area contributed by atoms with E-state index in [9.17, 15) is 14.4 Å². The number of aliphatic carboxylic acids is 1. The average Bonchev–Trinajstić information content (AvgIpc) is 2.54. The maximum Gasteiger partial charge on any atom is 0.305 e. The minimum atomic E-state index is -0.956. The molecule has 3 N–H and O–H groups in total. The Morgan fingerprint density at radius 1 is 1.04 bits per heavy atom. The molecule has 1 aromatic carbocycles. The third kappa shape index (κ3) is 6.81. The molecule has 132 valence electrons. The van der Waals surface area contributed by atoms with Crippen LogP contribution in [0.2, 0.25) is 0 Å². The molecule has 1 aromatic rings. The van der Waals surface area contributed by atoms with E-state index in [-0.39, 0.29) is 30.7 Å². The molecule has 0 heterocycles. The highest BCUT2D eigenvalue weighted by Crippen LogP contribution is 2.17. The number of anilines is 1. The van der Waals surface area contributed by atoms with Crippen molar-refractivity contribution in [3.63, 3.8) is 0 Å². The molecular weight excluding hydrogens is 308 g/mol. The molecule has 0 unspecified atom stereocenters. The van der Waals surface area contributed by atoms with Crippen molar-refractivity contribution >= 4 is 23.5 Å². The molecule has 0 aliphatic rings. The Kier molecular flexibility index (Phi) is 8.54. The van der Waals surface area contributed by atoms with Crippen LogP contribution in [0.3, 0.4) is 0 Å². The average molecular weight is 334 g/mol. The fourth-order valence-corrected chi connectivity index (χ4v) is 2.44. The van der Waals surface area contributed by atoms with E-state index in [1.165, 1.54) is 0 Å². The summed E-state index contributed by atoms with van der Waals surface area (Å²) >= 11 is 0. The Bertz CT molecular complexity index is 549. The molecule has 0 spiro atoms. The highest BCUT2D eigenvalue weighted by molar-refractivity contribution is 5.96. The summed E-state index contributed by atoms with van der Waals surface area (Å²) in [7, 11) is 0. The van der Waals surface area contributed by atoms with Gasteiger partial charge in [-0.1, -0.05) is 26.7 Å². The van der Waals surface area contributed by atoms with Gasteiger partial charge in [-0.25, -0.2) is 0 Å². The standard InChI is InChI=1S/C18H26N2O4/c1-3-5-13(6-4-2)18(24)20-15-9-7-14(8-10-15)17(23)19-12-11-16(21)22/h7-10,13H,3-6,11-12H2,1-2H3,(H,19,23)(H,20,24)(H,21,22). The molecule has 0 aromatic heterocycles. The summed E-state index contributed by atoms with van der Waals surface area (Å²) in [6, 6.07) is 6.58. The Morgan fingerprint density at radius 3 is 2.12 bits per heavy atom. The number of nitrogens with one attached hydrogen (secondary N) is 2. The van der Waals surface area contributed by atoms with Crippen molar-refractivity contribution in [3.8, 4) is 0 Å². The zero-order chi connectivity index (χ0) is 17.9. The number of carbonyl (C=O) groups is 3. The second-order valence-corrected chi connectivity index (χ2v) is 5.74. The van der Waals surface area contributed by atoms with Crippen LogP contribution in [-0.4, -0.2) is 29.4 Å². The van der Waals surface area contributed by atoms with Gasteiger partial charge in [-0.2, -0.15) is 0 Å². The van der Waals surface area contributed by atoms with Crippen LogP contribution < -0.4 is 10.6 Å². The third-order valence-corrected chi connectivity index (χ3v) is 3.68. The normalized spacial score (nSPS) is 10.5. The van der Waals surface area contributed by atoms with Crippen molar-refractivity contribution in [2.45, 2.75) is 46.0 Å². The lowest BCUT2D eigenvalue weighted by Gasteiger charge is -2.15. The van der Waals surface area contributed by atoms with Gasteiger partial charge in [-0.05, 0) is 37.1 Å². The largest absolute Gasteiger partial charge is 0.481 e. The summed E-state index contributed by atoms with van der Waals surface area (Å²) in [5.74, 6) is -1.26. The van der Waals surface area contributed by atoms with Crippen LogP contribution in [0.25, 0.3) is 0 Å². The molecule has 1 rings (SSSR count). The van der Waals surface area contributed by atoms with Gasteiger partial charge in [0, 0.05) is 23.7 Å². The van der Waals surface area contributed by atoms with Crippen molar-refractivity contribution in [3.05, 3.63) is 29.8 Å². The van der Waals surface area contributed by atoms with Crippen molar-refractivity contribution in [2.24, 2.45) is 5.92 Å². The Morgan fingerprint density at radius 2 is 1.62 bits per heavy atom. The molecule has 0 bridgehead atoms. The van der Waals surface area contributed by atoms with Crippen LogP contribution in [0.4, 0.5) is 5.69 Å². The maximum absolute atomic E-state index is 12.3. The summed E-state index contributed by atoms with van der Waals surface area (Å²) in [6.07, 6.45) is 3.55. The third-order valence-electron chi connectivity index (χ3n) is 3.68. The number of hydrogen-bond acceptors (Lipinski definition) is 3. The van der Waals surface area contributed by atoms with Crippen LogP contribution in [0.5, 0.6) is 0 Å². The van der Waals surface area contributed by atoms with Gasteiger partial charge in [0.05, 0.1) is 6.42 Å². The Hall–Kier alpha value is -2.37. The first kappa shape index (κ1) is 19.7. The van der Waals surface area contributed by atoms with Gasteiger partial charge in [0.25, 0.3) is 5.91 Å². The summed E-state index contributed by atoms with van der Waals surface area (Å²) in [6.45, 7) is 4.21. The van der Waals surface area contributed by atoms with Gasteiger partial charge < -0.3 is 15.7 Å². The molecule has 0 atom stereocenters. The number of benzene rings is 1. The van der Waals surface area contributed by atoms with Gasteiger partial charge in [-0.3, -0.25) is 14.4 Å². The highest BCUT2D eigenvalue weighted by atomic mass is 16.4. The molecule has 2 amide bonds. The first-order valence-electron chi connectivity index (χ1n) is 8.38. The van der Waals surface area contributed by atoms with Gasteiger partial charge in [-0.15, -0.1) is 0 Å². The lowest BCUT2D eigenvalue weighted by atomic mass is 9.97. The predicted octanol–water partition coefficient (Wildman–Crippen LogP) is 3.05. The maximum atomic E-state index is 12.3. The predicted molar refractivity (Wildman–Crippen MR) is 93.0 cm³/mol. The topological polar surface area (TPSA) is 95.5 Å². The van der Waals surface area contributed by atoms with Crippen LogP contribution >= 0.6 is 0 Å². The van der Waals surface area contributed by atoms with Gasteiger partial charge in [0.2, 0.25) is 5.91 Å². The van der Waals surface area contributed by atoms with Crippen molar-refractivity contribution in [1.29, 1.82) is 0 Å². The summed E-state index contributed by atoms with van der Waals surface area (Å²) in [5, 5.41) is 14.0. The van der Waals surface area contributed by atoms with E-state index >= 15 is 0 Å². The fraction of sp³-hybridized carbons (Fsp3) is 0.500. The Labute approximate surface area is 142 Å². The monoisotopic (exact) mass is 334 g/mol. The van der Waals surface area contributed by atoms with Crippen LogP contribution in [-0.2, 0) is 9.59 Å². The lowest BCUT2D eigenvalue weighted by Crippen LogP contribution is -2.26. The summed E-state index contributed by atoms with van der Waals surface area (Å²) in [5.41, 5.74) is 1.08. The highest BCUT2D eigenvalue weighted by Gasteiger charge is 2.16. The van der Waals surface area contributed by atoms with E-state index in [0.29, 0.717) is 11.3 Å². The minimum Gasteiger partial charge on any atom is -0.481 e. The first-order chi connectivity index (χ1) is 11.5. The zero-order valence-corrected chi connectivity index (χ0v) is 14.3. The molecule has 0 aliphatic heterocycles. The summed E-state index contributed by atoms with van der Waals surface area (Å²) < 4.78 is 0. The van der Waals surface area contributed by atoms with E-state index in [1.807, 2.05) is 0 Å². The molecule has 0 saturated heterocycles. The summed E-state index contributed by atoms with van der Waals surface area (Å²) in [4.78, 5) is 34.5. The van der Waals surface area contributed by atoms with Gasteiger partial charge >= 0.3 is 5.97 Å². The number of rotatable bonds is 10. The number of hydrogen-bond donors (Lipinski definition) is 3. The smallest absolute Gasteiger partial charge is 0.305 e. The number of amides is 2. The molecule has 0 saturated carbocycles. The molecule has 24 heavy (non-hydrogen) atoms. The second-order valence-electron chi connectivity index (χ2n) is 5.74. The van der Waals surface area contributed by atoms with Crippen molar-refractivity contribution in [1.82, 2.24) is 5.32 Å². The number of carbonyl (C=O) groups excluding carboxylic acids is 2. The molecule has 6 nitrogen and oxygen atoms in total. The van der Waals surface area contributed by atoms with Gasteiger partial charge in [0.15, 0.2) is 0 Å². The lowest BCUT2D eigenvalue weighted by molar-refractivity contribution is -0.136. The molecule has 0 fully saturated rings. The van der Waals surface area contributed by atoms with Gasteiger partial charge in [0.1, 0.15) is 0 Å². The second kappa shape index (κ2) is 10.4. The van der Waals surface area contributed by atoms with E-state index in [4.69, 9.17) is 5.11 Å². The van der Waals surface area contributed by atoms with Crippen molar-refractivity contribution < 1.29 is 19.5 Å². The zero-order valence-electron chi connectivity index (χ0n) is 14.3. The van der Waals surface area contributed by atoms with Crippen molar-refractivity contribution in [2.75, 3.05) is 11.9 Å². The number of carboxylic acid groups (broad SMARTS) is 1. The molecule has 6 heteroatoms. The first-order valence-corrected chi connectivity index (χ1v) is 8.38. The SMILES string of the molecule is CCCC(CCC)C(=O)Nc1ccc(C(=O)NCCC(=O)O)cc1. The van der Waals surface area contributed by atoms with Crippen LogP contribution in [0, 0.1) is 5.92 Å². The van der Waals surface area contributed by atoms with Crippen LogP contribution in [0.15, 0.2) is 24.3 Å². The van der Waals surface area contributed by atoms with E-state index < -0.39 is 5.97 Å². The quantitative estimate of drug-likeness (QED) is 0.613. The van der Waals surface area contributed by atoms with E-state index in [2.05, 4.69) is 24.5 Å². The molecular formula is C18H26N2O4. The minimum absolute atomic E-state index is 0.0114. The fourth-order valence-electron chi connectivity index (χ4n) is 2.44. The van der Waals surface area contributed by atoms with E-state index in [0.717, 1.165) is 25.7 Å².